The number of nitrogens with zero attached hydrogens (tertiary/aromatic N) is 1. The molecular weight excluding hydrogens is 470 g/mol. The molecule has 0 radical (unpaired) electrons. The van der Waals surface area contributed by atoms with Crippen LogP contribution in [-0.4, -0.2) is 42.2 Å². The number of benzene rings is 2. The van der Waals surface area contributed by atoms with E-state index in [0.29, 0.717) is 26.1 Å². The lowest BCUT2D eigenvalue weighted by molar-refractivity contribution is -0.122. The molecule has 2 heterocycles. The average Bonchev–Trinajstić information content (AvgIpc) is 3.29. The number of thiophene rings is 1. The van der Waals surface area contributed by atoms with E-state index in [2.05, 4.69) is 5.32 Å². The molecule has 10 heteroatoms. The number of carbonyl (C=O) groups excluding carboxylic acids is 3. The summed E-state index contributed by atoms with van der Waals surface area (Å²) in [7, 11) is 1.46. The van der Waals surface area contributed by atoms with Gasteiger partial charge in [-0.3, -0.25) is 19.3 Å². The van der Waals surface area contributed by atoms with Crippen molar-refractivity contribution in [2.75, 3.05) is 20.2 Å². The summed E-state index contributed by atoms with van der Waals surface area (Å²) in [5.41, 5.74) is 1.05. The Morgan fingerprint density at radius 2 is 1.91 bits per heavy atom. The Bertz CT molecular complexity index is 1270. The first-order valence-corrected chi connectivity index (χ1v) is 11.5. The molecule has 3 aromatic rings. The molecule has 0 spiro atoms. The van der Waals surface area contributed by atoms with Crippen LogP contribution < -0.4 is 5.32 Å². The summed E-state index contributed by atoms with van der Waals surface area (Å²) in [5.74, 6) is -1.74. The normalized spacial score (nSPS) is 15.1. The molecule has 170 valence electrons. The van der Waals surface area contributed by atoms with Gasteiger partial charge in [-0.1, -0.05) is 18.2 Å². The maximum Gasteiger partial charge on any atom is 0.293 e. The molecule has 6 nitrogen and oxygen atoms in total. The van der Waals surface area contributed by atoms with Gasteiger partial charge in [0, 0.05) is 35.8 Å². The van der Waals surface area contributed by atoms with Gasteiger partial charge in [0.1, 0.15) is 11.6 Å². The van der Waals surface area contributed by atoms with Crippen molar-refractivity contribution in [2.24, 2.45) is 0 Å². The molecule has 0 aliphatic carbocycles. The van der Waals surface area contributed by atoms with Gasteiger partial charge in [-0.15, -0.1) is 11.3 Å². The van der Waals surface area contributed by atoms with Gasteiger partial charge in [0.25, 0.3) is 17.1 Å². The van der Waals surface area contributed by atoms with Crippen LogP contribution in [-0.2, 0) is 16.1 Å². The van der Waals surface area contributed by atoms with E-state index in [1.807, 2.05) is 0 Å². The lowest BCUT2D eigenvalue weighted by atomic mass is 10.1. The third kappa shape index (κ3) is 4.82. The van der Waals surface area contributed by atoms with E-state index in [0.717, 1.165) is 28.0 Å². The number of amides is 3. The molecule has 1 N–H and O–H groups in total. The highest BCUT2D eigenvalue weighted by Gasteiger charge is 2.34. The Kier molecular flexibility index (Phi) is 6.87. The van der Waals surface area contributed by atoms with Crippen molar-refractivity contribution < 1.29 is 27.9 Å². The highest BCUT2D eigenvalue weighted by molar-refractivity contribution is 8.18. The number of methoxy groups -OCH3 is 1. The summed E-state index contributed by atoms with van der Waals surface area (Å²) in [4.78, 5) is 39.2. The number of carbonyl (C=O) groups is 3. The summed E-state index contributed by atoms with van der Waals surface area (Å²) < 4.78 is 33.2. The fraction of sp³-hybridized carbons (Fsp3) is 0.174. The first-order chi connectivity index (χ1) is 15.9. The molecule has 0 saturated carbocycles. The van der Waals surface area contributed by atoms with Crippen LogP contribution in [0.1, 0.15) is 20.8 Å². The predicted octanol–water partition coefficient (Wildman–Crippen LogP) is 4.79. The summed E-state index contributed by atoms with van der Waals surface area (Å²) in [6, 6.07) is 10.2. The molecule has 1 aromatic heterocycles. The molecule has 1 saturated heterocycles. The summed E-state index contributed by atoms with van der Waals surface area (Å²) in [5, 5.41) is 2.59. The van der Waals surface area contributed by atoms with Gasteiger partial charge in [-0.05, 0) is 47.7 Å². The van der Waals surface area contributed by atoms with E-state index < -0.39 is 28.7 Å². The minimum absolute atomic E-state index is 0.0178. The largest absolute Gasteiger partial charge is 0.380 e. The molecule has 33 heavy (non-hydrogen) atoms. The number of hydrogen-bond acceptors (Lipinski definition) is 6. The van der Waals surface area contributed by atoms with Gasteiger partial charge in [-0.25, -0.2) is 8.78 Å². The smallest absolute Gasteiger partial charge is 0.293 e. The second-order valence-electron chi connectivity index (χ2n) is 7.10. The molecule has 0 unspecified atom stereocenters. The zero-order valence-corrected chi connectivity index (χ0v) is 19.0. The minimum Gasteiger partial charge on any atom is -0.380 e. The fourth-order valence-corrected chi connectivity index (χ4v) is 5.40. The Morgan fingerprint density at radius 1 is 1.15 bits per heavy atom. The van der Waals surface area contributed by atoms with Gasteiger partial charge < -0.3 is 10.1 Å². The van der Waals surface area contributed by atoms with Crippen molar-refractivity contribution in [3.05, 3.63) is 75.0 Å². The SMILES string of the molecule is COCc1c(C(=O)NCCN2C(=O)S/C(=C\c3ccc(F)cc3)C2=O)sc2cccc(F)c12. The first-order valence-electron chi connectivity index (χ1n) is 9.87. The molecular formula is C23H18F2N2O4S2. The van der Waals surface area contributed by atoms with Crippen LogP contribution in [0.2, 0.25) is 0 Å². The van der Waals surface area contributed by atoms with Gasteiger partial charge in [0.15, 0.2) is 0 Å². The van der Waals surface area contributed by atoms with Crippen molar-refractivity contribution >= 4 is 56.3 Å². The van der Waals surface area contributed by atoms with Crippen molar-refractivity contribution in [2.45, 2.75) is 6.61 Å². The van der Waals surface area contributed by atoms with E-state index in [1.165, 1.54) is 43.5 Å². The second-order valence-corrected chi connectivity index (χ2v) is 9.14. The zero-order valence-electron chi connectivity index (χ0n) is 17.4. The van der Waals surface area contributed by atoms with Gasteiger partial charge in [0.05, 0.1) is 16.4 Å². The number of imide groups is 1. The molecule has 0 atom stereocenters. The Morgan fingerprint density at radius 3 is 2.64 bits per heavy atom. The lowest BCUT2D eigenvalue weighted by Crippen LogP contribution is -2.37. The lowest BCUT2D eigenvalue weighted by Gasteiger charge is -2.13. The first kappa shape index (κ1) is 23.1. The van der Waals surface area contributed by atoms with Gasteiger partial charge in [-0.2, -0.15) is 0 Å². The molecule has 1 aliphatic rings. The molecule has 4 rings (SSSR count). The zero-order chi connectivity index (χ0) is 23.5. The molecule has 3 amide bonds. The topological polar surface area (TPSA) is 75.7 Å². The van der Waals surface area contributed by atoms with E-state index in [9.17, 15) is 23.2 Å². The number of thioether (sulfide) groups is 1. The van der Waals surface area contributed by atoms with Crippen LogP contribution in [0.5, 0.6) is 0 Å². The summed E-state index contributed by atoms with van der Waals surface area (Å²) >= 11 is 1.94. The molecule has 1 aliphatic heterocycles. The van der Waals surface area contributed by atoms with Crippen molar-refractivity contribution in [3.8, 4) is 0 Å². The van der Waals surface area contributed by atoms with Crippen molar-refractivity contribution in [1.82, 2.24) is 10.2 Å². The van der Waals surface area contributed by atoms with Crippen LogP contribution in [0.15, 0.2) is 47.4 Å². The van der Waals surface area contributed by atoms with E-state index >= 15 is 0 Å². The quantitative estimate of drug-likeness (QED) is 0.484. The third-order valence-electron chi connectivity index (χ3n) is 4.92. The van der Waals surface area contributed by atoms with Gasteiger partial charge in [0.2, 0.25) is 0 Å². The summed E-state index contributed by atoms with van der Waals surface area (Å²) in [6.45, 7) is 0.0842. The van der Waals surface area contributed by atoms with Crippen LogP contribution in [0.25, 0.3) is 16.2 Å². The molecule has 0 bridgehead atoms. The van der Waals surface area contributed by atoms with Crippen molar-refractivity contribution in [3.63, 3.8) is 0 Å². The second kappa shape index (κ2) is 9.82. The minimum atomic E-state index is -0.479. The van der Waals surface area contributed by atoms with Gasteiger partial charge >= 0.3 is 0 Å². The Balaban J connectivity index is 1.43. The van der Waals surface area contributed by atoms with Crippen molar-refractivity contribution in [1.29, 1.82) is 0 Å². The van der Waals surface area contributed by atoms with E-state index in [4.69, 9.17) is 4.74 Å². The predicted molar refractivity (Wildman–Crippen MR) is 124 cm³/mol. The van der Waals surface area contributed by atoms with Crippen LogP contribution in [0.4, 0.5) is 13.6 Å². The third-order valence-corrected chi connectivity index (χ3v) is 7.02. The number of nitrogens with one attached hydrogen (secondary N) is 1. The highest BCUT2D eigenvalue weighted by Crippen LogP contribution is 2.34. The van der Waals surface area contributed by atoms with Crippen LogP contribution in [0.3, 0.4) is 0 Å². The standard InChI is InChI=1S/C23H18F2N2O4S2/c1-31-12-15-19-16(25)3-2-4-17(19)32-20(15)21(28)26-9-10-27-22(29)18(33-23(27)30)11-13-5-7-14(24)8-6-13/h2-8,11H,9-10,12H2,1H3,(H,26,28)/b18-11-. The fourth-order valence-electron chi connectivity index (χ4n) is 3.40. The number of hydrogen-bond donors (Lipinski definition) is 1. The number of ether oxygens (including phenoxy) is 1. The number of halogens is 2. The maximum atomic E-state index is 14.3. The molecule has 2 aromatic carbocycles. The maximum absolute atomic E-state index is 14.3. The van der Waals surface area contributed by atoms with Crippen LogP contribution in [0, 0.1) is 11.6 Å². The van der Waals surface area contributed by atoms with E-state index in [1.54, 1.807) is 12.1 Å². The van der Waals surface area contributed by atoms with Crippen LogP contribution >= 0.6 is 23.1 Å². The average molecular weight is 489 g/mol. The van der Waals surface area contributed by atoms with E-state index in [-0.39, 0.29) is 24.6 Å². The highest BCUT2D eigenvalue weighted by atomic mass is 32.2. The Labute approximate surface area is 196 Å². The number of rotatable bonds is 7. The molecule has 1 fully saturated rings. The Hall–Kier alpha value is -3.08. The monoisotopic (exact) mass is 488 g/mol. The number of fused-ring (bicyclic) bond motifs is 1. The summed E-state index contributed by atoms with van der Waals surface area (Å²) in [6.07, 6.45) is 1.52.